The van der Waals surface area contributed by atoms with Crippen LogP contribution in [0.5, 0.6) is 0 Å². The molecule has 0 spiro atoms. The number of sulfonamides is 1. The van der Waals surface area contributed by atoms with Crippen molar-refractivity contribution in [3.63, 3.8) is 0 Å². The summed E-state index contributed by atoms with van der Waals surface area (Å²) in [5, 5.41) is 0. The number of thioether (sulfide) groups is 1. The average Bonchev–Trinajstić information content (AvgIpc) is 2.83. The van der Waals surface area contributed by atoms with Crippen molar-refractivity contribution in [2.24, 2.45) is 0 Å². The topological polar surface area (TPSA) is 57.7 Å². The van der Waals surface area contributed by atoms with Crippen LogP contribution >= 0.6 is 11.8 Å². The van der Waals surface area contributed by atoms with Gasteiger partial charge in [-0.15, -0.1) is 11.8 Å². The van der Waals surface area contributed by atoms with Gasteiger partial charge in [-0.2, -0.15) is 4.31 Å². The first-order chi connectivity index (χ1) is 15.4. The molecule has 7 heteroatoms. The molecule has 0 atom stereocenters. The minimum Gasteiger partial charge on any atom is -0.336 e. The SMILES string of the molecule is Cc1ccc(S(=O)(=O)N2CCN(C(=O)c3ccccc3SCc3ccccc3)CC2)cc1. The molecule has 5 nitrogen and oxygen atoms in total. The molecular formula is C25H26N2O3S2. The number of carbonyl (C=O) groups is 1. The molecule has 0 aromatic heterocycles. The molecule has 1 fully saturated rings. The summed E-state index contributed by atoms with van der Waals surface area (Å²) >= 11 is 1.64. The smallest absolute Gasteiger partial charge is 0.255 e. The van der Waals surface area contributed by atoms with E-state index in [4.69, 9.17) is 0 Å². The van der Waals surface area contributed by atoms with E-state index < -0.39 is 10.0 Å². The first-order valence-electron chi connectivity index (χ1n) is 10.6. The lowest BCUT2D eigenvalue weighted by Crippen LogP contribution is -2.50. The minimum atomic E-state index is -3.55. The molecule has 0 unspecified atom stereocenters. The van der Waals surface area contributed by atoms with Gasteiger partial charge in [0, 0.05) is 36.8 Å². The number of amides is 1. The second kappa shape index (κ2) is 9.90. The number of aryl methyl sites for hydroxylation is 1. The van der Waals surface area contributed by atoms with Gasteiger partial charge in [0.15, 0.2) is 0 Å². The molecular weight excluding hydrogens is 440 g/mol. The zero-order chi connectivity index (χ0) is 22.6. The summed E-state index contributed by atoms with van der Waals surface area (Å²) in [4.78, 5) is 16.2. The summed E-state index contributed by atoms with van der Waals surface area (Å²) < 4.78 is 27.3. The number of nitrogens with zero attached hydrogens (tertiary/aromatic N) is 2. The molecule has 3 aromatic rings. The Morgan fingerprint density at radius 1 is 0.844 bits per heavy atom. The third-order valence-corrected chi connectivity index (χ3v) is 8.60. The van der Waals surface area contributed by atoms with Gasteiger partial charge in [0.1, 0.15) is 0 Å². The monoisotopic (exact) mass is 466 g/mol. The number of rotatable bonds is 6. The second-order valence-corrected chi connectivity index (χ2v) is 10.7. The van der Waals surface area contributed by atoms with Crippen molar-refractivity contribution in [2.45, 2.75) is 22.5 Å². The van der Waals surface area contributed by atoms with E-state index in [1.54, 1.807) is 40.9 Å². The Bertz CT molecular complexity index is 1170. The Morgan fingerprint density at radius 3 is 2.16 bits per heavy atom. The van der Waals surface area contributed by atoms with Crippen LogP contribution in [0.3, 0.4) is 0 Å². The van der Waals surface area contributed by atoms with Crippen LogP contribution in [-0.2, 0) is 15.8 Å². The highest BCUT2D eigenvalue weighted by atomic mass is 32.2. The van der Waals surface area contributed by atoms with Crippen molar-refractivity contribution in [2.75, 3.05) is 26.2 Å². The zero-order valence-corrected chi connectivity index (χ0v) is 19.6. The number of hydrogen-bond donors (Lipinski definition) is 0. The van der Waals surface area contributed by atoms with E-state index in [9.17, 15) is 13.2 Å². The second-order valence-electron chi connectivity index (χ2n) is 7.78. The van der Waals surface area contributed by atoms with Crippen LogP contribution in [0.15, 0.2) is 88.7 Å². The molecule has 1 heterocycles. The summed E-state index contributed by atoms with van der Waals surface area (Å²) in [6.45, 7) is 3.27. The highest BCUT2D eigenvalue weighted by Gasteiger charge is 2.31. The quantitative estimate of drug-likeness (QED) is 0.504. The number of benzene rings is 3. The van der Waals surface area contributed by atoms with E-state index in [-0.39, 0.29) is 5.91 Å². The molecule has 166 valence electrons. The molecule has 1 amide bonds. The normalized spacial score (nSPS) is 15.0. The van der Waals surface area contributed by atoms with Gasteiger partial charge < -0.3 is 4.90 Å². The zero-order valence-electron chi connectivity index (χ0n) is 18.0. The van der Waals surface area contributed by atoms with Gasteiger partial charge in [-0.3, -0.25) is 4.79 Å². The van der Waals surface area contributed by atoms with Crippen LogP contribution in [0.2, 0.25) is 0 Å². The van der Waals surface area contributed by atoms with Crippen LogP contribution in [0.25, 0.3) is 0 Å². The molecule has 1 saturated heterocycles. The van der Waals surface area contributed by atoms with Crippen molar-refractivity contribution in [1.82, 2.24) is 9.21 Å². The van der Waals surface area contributed by atoms with Gasteiger partial charge in [-0.25, -0.2) is 8.42 Å². The lowest BCUT2D eigenvalue weighted by atomic mass is 10.2. The van der Waals surface area contributed by atoms with Gasteiger partial charge in [0.2, 0.25) is 10.0 Å². The molecule has 0 N–H and O–H groups in total. The maximum Gasteiger partial charge on any atom is 0.255 e. The average molecular weight is 467 g/mol. The lowest BCUT2D eigenvalue weighted by molar-refractivity contribution is 0.0694. The van der Waals surface area contributed by atoms with E-state index in [0.717, 1.165) is 16.2 Å². The van der Waals surface area contributed by atoms with Gasteiger partial charge >= 0.3 is 0 Å². The molecule has 1 aliphatic heterocycles. The summed E-state index contributed by atoms with van der Waals surface area (Å²) in [7, 11) is -3.55. The highest BCUT2D eigenvalue weighted by molar-refractivity contribution is 7.98. The third-order valence-electron chi connectivity index (χ3n) is 5.54. The van der Waals surface area contributed by atoms with Crippen LogP contribution in [0.4, 0.5) is 0 Å². The maximum atomic E-state index is 13.2. The van der Waals surface area contributed by atoms with Crippen LogP contribution < -0.4 is 0 Å². The summed E-state index contributed by atoms with van der Waals surface area (Å²) in [5.41, 5.74) is 2.89. The van der Waals surface area contributed by atoms with Crippen LogP contribution in [-0.4, -0.2) is 49.7 Å². The van der Waals surface area contributed by atoms with Gasteiger partial charge in [0.25, 0.3) is 5.91 Å². The van der Waals surface area contributed by atoms with Crippen LogP contribution in [0, 0.1) is 6.92 Å². The fourth-order valence-electron chi connectivity index (χ4n) is 3.67. The van der Waals surface area contributed by atoms with Crippen molar-refractivity contribution in [3.05, 3.63) is 95.6 Å². The molecule has 4 rings (SSSR count). The molecule has 1 aliphatic rings. The van der Waals surface area contributed by atoms with E-state index in [1.165, 1.54) is 9.87 Å². The first-order valence-corrected chi connectivity index (χ1v) is 13.0. The predicted octanol–water partition coefficient (Wildman–Crippen LogP) is 4.43. The summed E-state index contributed by atoms with van der Waals surface area (Å²) in [6.07, 6.45) is 0. The van der Waals surface area contributed by atoms with Gasteiger partial charge in [0.05, 0.1) is 10.5 Å². The van der Waals surface area contributed by atoms with Crippen molar-refractivity contribution in [1.29, 1.82) is 0 Å². The lowest BCUT2D eigenvalue weighted by Gasteiger charge is -2.34. The van der Waals surface area contributed by atoms with E-state index in [1.807, 2.05) is 49.4 Å². The van der Waals surface area contributed by atoms with Crippen LogP contribution in [0.1, 0.15) is 21.5 Å². The molecule has 0 saturated carbocycles. The molecule has 3 aromatic carbocycles. The van der Waals surface area contributed by atoms with Gasteiger partial charge in [-0.05, 0) is 36.8 Å². The third kappa shape index (κ3) is 5.06. The number of piperazine rings is 1. The van der Waals surface area contributed by atoms with Crippen molar-refractivity contribution in [3.8, 4) is 0 Å². The minimum absolute atomic E-state index is 0.0476. The van der Waals surface area contributed by atoms with Crippen molar-refractivity contribution < 1.29 is 13.2 Å². The van der Waals surface area contributed by atoms with Crippen molar-refractivity contribution >= 4 is 27.7 Å². The standard InChI is InChI=1S/C25H26N2O3S2/c1-20-11-13-22(14-12-20)32(29,30)27-17-15-26(16-18-27)25(28)23-9-5-6-10-24(23)31-19-21-7-3-2-4-8-21/h2-14H,15-19H2,1H3. The Balaban J connectivity index is 1.42. The fraction of sp³-hybridized carbons (Fsp3) is 0.240. The molecule has 32 heavy (non-hydrogen) atoms. The maximum absolute atomic E-state index is 13.2. The van der Waals surface area contributed by atoms with Gasteiger partial charge in [-0.1, -0.05) is 60.2 Å². The Hall–Kier alpha value is -2.61. The summed E-state index contributed by atoms with van der Waals surface area (Å²) in [5.74, 6) is 0.738. The predicted molar refractivity (Wildman–Crippen MR) is 128 cm³/mol. The summed E-state index contributed by atoms with van der Waals surface area (Å²) in [6, 6.07) is 24.7. The Labute approximate surface area is 194 Å². The Morgan fingerprint density at radius 2 is 1.47 bits per heavy atom. The Kier molecular flexibility index (Phi) is 6.98. The molecule has 0 bridgehead atoms. The number of carbonyl (C=O) groups excluding carboxylic acids is 1. The fourth-order valence-corrected chi connectivity index (χ4v) is 6.09. The first kappa shape index (κ1) is 22.6. The van der Waals surface area contributed by atoms with E-state index in [0.29, 0.717) is 36.6 Å². The molecule has 0 aliphatic carbocycles. The van der Waals surface area contributed by atoms with E-state index >= 15 is 0 Å². The molecule has 0 radical (unpaired) electrons. The largest absolute Gasteiger partial charge is 0.336 e. The van der Waals surface area contributed by atoms with E-state index in [2.05, 4.69) is 12.1 Å². The number of hydrogen-bond acceptors (Lipinski definition) is 4. The highest BCUT2D eigenvalue weighted by Crippen LogP contribution is 2.28.